The van der Waals surface area contributed by atoms with Crippen molar-refractivity contribution in [2.24, 2.45) is 0 Å². The van der Waals surface area contributed by atoms with E-state index in [9.17, 15) is 9.59 Å². The van der Waals surface area contributed by atoms with E-state index >= 15 is 0 Å². The molecule has 2 aromatic rings. The van der Waals surface area contributed by atoms with Crippen LogP contribution in [-0.4, -0.2) is 25.0 Å². The number of hydrogen-bond acceptors (Lipinski definition) is 4. The summed E-state index contributed by atoms with van der Waals surface area (Å²) in [5.41, 5.74) is 2.44. The molecule has 5 nitrogen and oxygen atoms in total. The van der Waals surface area contributed by atoms with E-state index in [-0.39, 0.29) is 11.9 Å². The number of ether oxygens (including phenoxy) is 1. The normalized spacial score (nSPS) is 12.3. The Balaban J connectivity index is 1.83. The maximum atomic E-state index is 11.8. The number of amides is 1. The second-order valence-electron chi connectivity index (χ2n) is 4.82. The van der Waals surface area contributed by atoms with E-state index in [0.29, 0.717) is 25.1 Å². The third kappa shape index (κ3) is 2.42. The molecule has 1 aliphatic heterocycles. The number of nitrogens with one attached hydrogen (secondary N) is 2. The molecule has 0 atom stereocenters. The molecule has 0 spiro atoms. The molecule has 0 radical (unpaired) electrons. The average molecular weight is 284 g/mol. The summed E-state index contributed by atoms with van der Waals surface area (Å²) < 4.78 is 4.90. The van der Waals surface area contributed by atoms with Gasteiger partial charge in [-0.1, -0.05) is 12.1 Å². The van der Waals surface area contributed by atoms with Gasteiger partial charge < -0.3 is 15.4 Å². The SMILES string of the molecule is CCOC(=O)CCNc1ccc2c3c(cccc13)NC2=O. The highest BCUT2D eigenvalue weighted by Crippen LogP contribution is 2.36. The van der Waals surface area contributed by atoms with E-state index in [1.807, 2.05) is 24.3 Å². The minimum Gasteiger partial charge on any atom is -0.466 e. The Morgan fingerprint density at radius 2 is 2.14 bits per heavy atom. The van der Waals surface area contributed by atoms with Crippen molar-refractivity contribution in [3.05, 3.63) is 35.9 Å². The standard InChI is InChI=1S/C16H16N2O3/c1-2-21-14(19)8-9-17-12-7-6-11-15-10(12)4-3-5-13(15)18-16(11)20/h3-7,17H,2,8-9H2,1H3,(H,18,20). The molecule has 0 unspecified atom stereocenters. The van der Waals surface area contributed by atoms with E-state index in [0.717, 1.165) is 22.1 Å². The van der Waals surface area contributed by atoms with Gasteiger partial charge in [0.05, 0.1) is 13.0 Å². The van der Waals surface area contributed by atoms with Gasteiger partial charge in [0.2, 0.25) is 0 Å². The molecule has 1 aliphatic rings. The van der Waals surface area contributed by atoms with Crippen LogP contribution in [0.5, 0.6) is 0 Å². The van der Waals surface area contributed by atoms with E-state index in [2.05, 4.69) is 10.6 Å². The minimum atomic E-state index is -0.215. The van der Waals surface area contributed by atoms with Gasteiger partial charge >= 0.3 is 5.97 Å². The Kier molecular flexibility index (Phi) is 3.48. The van der Waals surface area contributed by atoms with E-state index in [4.69, 9.17) is 4.74 Å². The zero-order chi connectivity index (χ0) is 14.8. The first-order chi connectivity index (χ1) is 10.2. The van der Waals surface area contributed by atoms with Crippen LogP contribution in [0.2, 0.25) is 0 Å². The van der Waals surface area contributed by atoms with Crippen LogP contribution in [-0.2, 0) is 9.53 Å². The fraction of sp³-hybridized carbons (Fsp3) is 0.250. The van der Waals surface area contributed by atoms with Gasteiger partial charge in [0, 0.05) is 34.3 Å². The maximum absolute atomic E-state index is 11.8. The van der Waals surface area contributed by atoms with Crippen molar-refractivity contribution in [2.45, 2.75) is 13.3 Å². The molecule has 2 N–H and O–H groups in total. The van der Waals surface area contributed by atoms with Crippen molar-refractivity contribution in [1.82, 2.24) is 0 Å². The Bertz CT molecular complexity index is 725. The summed E-state index contributed by atoms with van der Waals surface area (Å²) in [5.74, 6) is -0.285. The van der Waals surface area contributed by atoms with Crippen molar-refractivity contribution < 1.29 is 14.3 Å². The summed E-state index contributed by atoms with van der Waals surface area (Å²) in [6.07, 6.45) is 0.313. The van der Waals surface area contributed by atoms with Crippen molar-refractivity contribution in [3.8, 4) is 0 Å². The lowest BCUT2D eigenvalue weighted by Gasteiger charge is -2.10. The second-order valence-corrected chi connectivity index (χ2v) is 4.82. The molecule has 2 aromatic carbocycles. The van der Waals surface area contributed by atoms with Gasteiger partial charge in [0.15, 0.2) is 0 Å². The highest BCUT2D eigenvalue weighted by molar-refractivity contribution is 6.25. The van der Waals surface area contributed by atoms with E-state index in [1.165, 1.54) is 0 Å². The number of rotatable bonds is 5. The molecule has 5 heteroatoms. The van der Waals surface area contributed by atoms with Gasteiger partial charge in [-0.3, -0.25) is 9.59 Å². The zero-order valence-electron chi connectivity index (χ0n) is 11.7. The lowest BCUT2D eigenvalue weighted by molar-refractivity contribution is -0.142. The fourth-order valence-electron chi connectivity index (χ4n) is 2.58. The summed E-state index contributed by atoms with van der Waals surface area (Å²) in [6.45, 7) is 2.69. The molecule has 108 valence electrons. The molecule has 0 aromatic heterocycles. The van der Waals surface area contributed by atoms with Gasteiger partial charge in [0.25, 0.3) is 5.91 Å². The Hall–Kier alpha value is -2.56. The number of carbonyl (C=O) groups is 2. The predicted octanol–water partition coefficient (Wildman–Crippen LogP) is 2.77. The van der Waals surface area contributed by atoms with Crippen molar-refractivity contribution in [1.29, 1.82) is 0 Å². The molecule has 1 amide bonds. The monoisotopic (exact) mass is 284 g/mol. The van der Waals surface area contributed by atoms with Gasteiger partial charge in [-0.25, -0.2) is 0 Å². The lowest BCUT2D eigenvalue weighted by Crippen LogP contribution is -2.11. The quantitative estimate of drug-likeness (QED) is 0.828. The lowest BCUT2D eigenvalue weighted by atomic mass is 10.0. The van der Waals surface area contributed by atoms with Crippen LogP contribution in [0.4, 0.5) is 11.4 Å². The summed E-state index contributed by atoms with van der Waals surface area (Å²) >= 11 is 0. The number of benzene rings is 2. The maximum Gasteiger partial charge on any atom is 0.307 e. The van der Waals surface area contributed by atoms with Crippen LogP contribution in [0.3, 0.4) is 0 Å². The van der Waals surface area contributed by atoms with Gasteiger partial charge in [-0.05, 0) is 25.1 Å². The topological polar surface area (TPSA) is 67.4 Å². The largest absolute Gasteiger partial charge is 0.466 e. The number of hydrogen-bond donors (Lipinski definition) is 2. The molecule has 0 saturated heterocycles. The molecule has 3 rings (SSSR count). The highest BCUT2D eigenvalue weighted by Gasteiger charge is 2.22. The Labute approximate surface area is 122 Å². The second kappa shape index (κ2) is 5.44. The van der Waals surface area contributed by atoms with Crippen molar-refractivity contribution in [2.75, 3.05) is 23.8 Å². The molecular weight excluding hydrogens is 268 g/mol. The van der Waals surface area contributed by atoms with Crippen molar-refractivity contribution >= 4 is 34.0 Å². The molecule has 0 bridgehead atoms. The van der Waals surface area contributed by atoms with Crippen LogP contribution >= 0.6 is 0 Å². The Morgan fingerprint density at radius 1 is 1.29 bits per heavy atom. The minimum absolute atomic E-state index is 0.0701. The molecule has 0 aliphatic carbocycles. The summed E-state index contributed by atoms with van der Waals surface area (Å²) in [4.78, 5) is 23.2. The summed E-state index contributed by atoms with van der Waals surface area (Å²) in [7, 11) is 0. The van der Waals surface area contributed by atoms with E-state index < -0.39 is 0 Å². The predicted molar refractivity (Wildman–Crippen MR) is 81.6 cm³/mol. The molecule has 21 heavy (non-hydrogen) atoms. The zero-order valence-corrected chi connectivity index (χ0v) is 11.7. The first-order valence-corrected chi connectivity index (χ1v) is 6.97. The highest BCUT2D eigenvalue weighted by atomic mass is 16.5. The third-order valence-electron chi connectivity index (χ3n) is 3.48. The van der Waals surface area contributed by atoms with Crippen LogP contribution in [0.25, 0.3) is 10.8 Å². The number of esters is 1. The summed E-state index contributed by atoms with van der Waals surface area (Å²) in [6, 6.07) is 9.44. The summed E-state index contributed by atoms with van der Waals surface area (Å²) in [5, 5.41) is 8.00. The smallest absolute Gasteiger partial charge is 0.307 e. The van der Waals surface area contributed by atoms with Gasteiger partial charge in [-0.2, -0.15) is 0 Å². The molecule has 0 saturated carbocycles. The number of anilines is 2. The van der Waals surface area contributed by atoms with Crippen LogP contribution in [0, 0.1) is 0 Å². The van der Waals surface area contributed by atoms with Crippen LogP contribution < -0.4 is 10.6 Å². The van der Waals surface area contributed by atoms with Crippen molar-refractivity contribution in [3.63, 3.8) is 0 Å². The van der Waals surface area contributed by atoms with Gasteiger partial charge in [-0.15, -0.1) is 0 Å². The molecular formula is C16H16N2O3. The fourth-order valence-corrected chi connectivity index (χ4v) is 2.58. The first-order valence-electron chi connectivity index (χ1n) is 6.97. The number of carbonyl (C=O) groups excluding carboxylic acids is 2. The third-order valence-corrected chi connectivity index (χ3v) is 3.48. The molecule has 1 heterocycles. The van der Waals surface area contributed by atoms with Crippen LogP contribution in [0.15, 0.2) is 30.3 Å². The van der Waals surface area contributed by atoms with E-state index in [1.54, 1.807) is 13.0 Å². The average Bonchev–Trinajstić information content (AvgIpc) is 2.79. The van der Waals surface area contributed by atoms with Gasteiger partial charge in [0.1, 0.15) is 0 Å². The first kappa shape index (κ1) is 13.4. The molecule has 0 fully saturated rings. The van der Waals surface area contributed by atoms with Crippen LogP contribution in [0.1, 0.15) is 23.7 Å². The Morgan fingerprint density at radius 3 is 2.95 bits per heavy atom.